The Morgan fingerprint density at radius 2 is 2.29 bits per heavy atom. The summed E-state index contributed by atoms with van der Waals surface area (Å²) in [5, 5.41) is 0. The Labute approximate surface area is 107 Å². The number of aryl methyl sites for hydroxylation is 1. The van der Waals surface area contributed by atoms with E-state index >= 15 is 0 Å². The molecule has 0 fully saturated rings. The first-order valence-corrected chi connectivity index (χ1v) is 6.34. The van der Waals surface area contributed by atoms with Gasteiger partial charge < -0.3 is 10.7 Å². The quantitative estimate of drug-likeness (QED) is 0.762. The molecule has 3 aromatic rings. The van der Waals surface area contributed by atoms with Gasteiger partial charge in [-0.25, -0.2) is 4.98 Å². The molecular weight excluding hydrogens is 280 g/mol. The monoisotopic (exact) mass is 292 g/mol. The van der Waals surface area contributed by atoms with E-state index in [9.17, 15) is 0 Å². The van der Waals surface area contributed by atoms with Crippen molar-refractivity contribution in [2.75, 3.05) is 6.54 Å². The number of H-pyrrole nitrogens is 1. The van der Waals surface area contributed by atoms with Crippen molar-refractivity contribution in [1.29, 1.82) is 0 Å². The lowest BCUT2D eigenvalue weighted by Crippen LogP contribution is -2.02. The molecule has 2 aromatic heterocycles. The molecule has 88 valence electrons. The van der Waals surface area contributed by atoms with Gasteiger partial charge in [-0.05, 0) is 31.2 Å². The van der Waals surface area contributed by atoms with Gasteiger partial charge in [0.25, 0.3) is 0 Å². The molecule has 0 aliphatic carbocycles. The topological polar surface area (TPSA) is 59.1 Å². The Morgan fingerprint density at radius 1 is 1.47 bits per heavy atom. The molecule has 0 spiro atoms. The number of rotatable bonds is 2. The molecule has 2 heterocycles. The highest BCUT2D eigenvalue weighted by molar-refractivity contribution is 9.10. The summed E-state index contributed by atoms with van der Waals surface area (Å²) in [4.78, 5) is 7.89. The van der Waals surface area contributed by atoms with Crippen molar-refractivity contribution in [3.05, 3.63) is 34.1 Å². The third-order valence-electron chi connectivity index (χ3n) is 2.92. The first kappa shape index (κ1) is 10.8. The van der Waals surface area contributed by atoms with Gasteiger partial charge in [0.15, 0.2) is 0 Å². The van der Waals surface area contributed by atoms with E-state index in [4.69, 9.17) is 5.73 Å². The minimum absolute atomic E-state index is 0.643. The van der Waals surface area contributed by atoms with Gasteiger partial charge in [0.2, 0.25) is 5.78 Å². The molecule has 5 heteroatoms. The normalized spacial score (nSPS) is 11.7. The van der Waals surface area contributed by atoms with E-state index in [-0.39, 0.29) is 0 Å². The van der Waals surface area contributed by atoms with Gasteiger partial charge in [-0.15, -0.1) is 0 Å². The summed E-state index contributed by atoms with van der Waals surface area (Å²) < 4.78 is 3.16. The number of hydrogen-bond donors (Lipinski definition) is 2. The number of nitrogens with two attached hydrogens (primary N) is 1. The highest BCUT2D eigenvalue weighted by Gasteiger charge is 2.10. The highest BCUT2D eigenvalue weighted by atomic mass is 79.9. The predicted molar refractivity (Wildman–Crippen MR) is 72.2 cm³/mol. The fourth-order valence-corrected chi connectivity index (χ4v) is 2.71. The summed E-state index contributed by atoms with van der Waals surface area (Å²) in [5.74, 6) is 0.879. The van der Waals surface area contributed by atoms with E-state index in [0.717, 1.165) is 33.4 Å². The second-order valence-corrected chi connectivity index (χ2v) is 5.13. The lowest BCUT2D eigenvalue weighted by Gasteiger charge is -1.97. The number of nitrogens with zero attached hydrogens (tertiary/aromatic N) is 2. The molecule has 0 atom stereocenters. The van der Waals surface area contributed by atoms with Crippen molar-refractivity contribution >= 4 is 32.7 Å². The molecule has 0 saturated carbocycles. The largest absolute Gasteiger partial charge is 0.330 e. The van der Waals surface area contributed by atoms with E-state index in [0.29, 0.717) is 6.54 Å². The number of benzene rings is 1. The van der Waals surface area contributed by atoms with E-state index in [1.807, 2.05) is 0 Å². The molecule has 3 rings (SSSR count). The maximum Gasteiger partial charge on any atom is 0.212 e. The second-order valence-electron chi connectivity index (χ2n) is 4.21. The van der Waals surface area contributed by atoms with Crippen LogP contribution in [0.3, 0.4) is 0 Å². The Balaban J connectivity index is 2.32. The summed E-state index contributed by atoms with van der Waals surface area (Å²) in [7, 11) is 0. The maximum absolute atomic E-state index is 5.55. The minimum atomic E-state index is 0.643. The molecule has 0 amide bonds. The van der Waals surface area contributed by atoms with Gasteiger partial charge in [-0.1, -0.05) is 15.9 Å². The average molecular weight is 293 g/mol. The molecule has 0 aliphatic rings. The predicted octanol–water partition coefficient (Wildman–Crippen LogP) is 2.39. The zero-order chi connectivity index (χ0) is 12.0. The first-order chi connectivity index (χ1) is 8.19. The number of fused-ring (bicyclic) bond motifs is 3. The fraction of sp³-hybridized carbons (Fsp3) is 0.250. The molecular formula is C12H13BrN4. The van der Waals surface area contributed by atoms with Crippen LogP contribution in [-0.4, -0.2) is 20.9 Å². The third-order valence-corrected chi connectivity index (χ3v) is 3.38. The van der Waals surface area contributed by atoms with Crippen LogP contribution in [0.1, 0.15) is 11.3 Å². The van der Waals surface area contributed by atoms with Gasteiger partial charge in [-0.2, -0.15) is 0 Å². The summed E-state index contributed by atoms with van der Waals surface area (Å²) in [6.45, 7) is 2.71. The van der Waals surface area contributed by atoms with Crippen LogP contribution in [0, 0.1) is 6.92 Å². The van der Waals surface area contributed by atoms with E-state index in [1.165, 1.54) is 5.56 Å². The lowest BCUT2D eigenvalue weighted by atomic mass is 10.2. The Bertz CT molecular complexity index is 695. The molecule has 4 nitrogen and oxygen atoms in total. The van der Waals surface area contributed by atoms with Crippen molar-refractivity contribution in [3.63, 3.8) is 0 Å². The number of imidazole rings is 2. The van der Waals surface area contributed by atoms with Crippen molar-refractivity contribution in [2.24, 2.45) is 5.73 Å². The van der Waals surface area contributed by atoms with Gasteiger partial charge in [0, 0.05) is 22.8 Å². The summed E-state index contributed by atoms with van der Waals surface area (Å²) >= 11 is 3.52. The minimum Gasteiger partial charge on any atom is -0.330 e. The van der Waals surface area contributed by atoms with Crippen LogP contribution in [-0.2, 0) is 6.42 Å². The Hall–Kier alpha value is -1.33. The van der Waals surface area contributed by atoms with Crippen LogP contribution in [0.25, 0.3) is 16.8 Å². The molecule has 0 radical (unpaired) electrons. The molecule has 3 N–H and O–H groups in total. The number of aromatic nitrogens is 3. The van der Waals surface area contributed by atoms with Crippen molar-refractivity contribution in [3.8, 4) is 0 Å². The van der Waals surface area contributed by atoms with Crippen LogP contribution < -0.4 is 5.73 Å². The smallest absolute Gasteiger partial charge is 0.212 e. The Kier molecular flexibility index (Phi) is 2.45. The zero-order valence-corrected chi connectivity index (χ0v) is 11.1. The summed E-state index contributed by atoms with van der Waals surface area (Å²) in [5.41, 5.74) is 10.0. The third kappa shape index (κ3) is 1.66. The van der Waals surface area contributed by atoms with Gasteiger partial charge in [-0.3, -0.25) is 4.40 Å². The van der Waals surface area contributed by atoms with Gasteiger partial charge in [0.05, 0.1) is 11.0 Å². The van der Waals surface area contributed by atoms with Crippen LogP contribution in [0.4, 0.5) is 0 Å². The van der Waals surface area contributed by atoms with Crippen LogP contribution in [0.2, 0.25) is 0 Å². The van der Waals surface area contributed by atoms with Crippen molar-refractivity contribution in [2.45, 2.75) is 13.3 Å². The number of halogens is 1. The zero-order valence-electron chi connectivity index (χ0n) is 9.50. The van der Waals surface area contributed by atoms with E-state index in [1.54, 1.807) is 0 Å². The lowest BCUT2D eigenvalue weighted by molar-refractivity contribution is 0.936. The van der Waals surface area contributed by atoms with Crippen molar-refractivity contribution < 1.29 is 0 Å². The van der Waals surface area contributed by atoms with Gasteiger partial charge >= 0.3 is 0 Å². The van der Waals surface area contributed by atoms with Crippen LogP contribution >= 0.6 is 15.9 Å². The summed E-state index contributed by atoms with van der Waals surface area (Å²) in [6.07, 6.45) is 2.92. The number of nitrogens with one attached hydrogen (secondary N) is 1. The van der Waals surface area contributed by atoms with Crippen LogP contribution in [0.5, 0.6) is 0 Å². The van der Waals surface area contributed by atoms with E-state index in [2.05, 4.69) is 55.6 Å². The maximum atomic E-state index is 5.55. The molecule has 0 saturated heterocycles. The SMILES string of the molecule is Cc1cc(Br)cc2c1nc1[nH]c(CCN)cn12. The number of hydrogen-bond acceptors (Lipinski definition) is 2. The van der Waals surface area contributed by atoms with E-state index < -0.39 is 0 Å². The molecule has 1 aromatic carbocycles. The Morgan fingerprint density at radius 3 is 3.06 bits per heavy atom. The van der Waals surface area contributed by atoms with Crippen molar-refractivity contribution in [1.82, 2.24) is 14.4 Å². The number of aromatic amines is 1. The summed E-state index contributed by atoms with van der Waals surface area (Å²) in [6, 6.07) is 4.16. The fourth-order valence-electron chi connectivity index (χ4n) is 2.15. The molecule has 0 aliphatic heterocycles. The van der Waals surface area contributed by atoms with Gasteiger partial charge in [0.1, 0.15) is 0 Å². The highest BCUT2D eigenvalue weighted by Crippen LogP contribution is 2.24. The standard InChI is InChI=1S/C12H13BrN4/c1-7-4-8(13)5-10-11(7)16-12-15-9(2-3-14)6-17(10)12/h4-6H,2-3,14H2,1H3,(H,15,16). The second kappa shape index (κ2) is 3.85. The first-order valence-electron chi connectivity index (χ1n) is 5.55. The molecule has 17 heavy (non-hydrogen) atoms. The average Bonchev–Trinajstić information content (AvgIpc) is 2.77. The van der Waals surface area contributed by atoms with Crippen LogP contribution in [0.15, 0.2) is 22.8 Å². The molecule has 0 unspecified atom stereocenters. The molecule has 0 bridgehead atoms.